The molecule has 0 nitrogen and oxygen atoms in total. The normalized spacial score (nSPS) is 22.4. The van der Waals surface area contributed by atoms with Crippen molar-refractivity contribution in [2.75, 3.05) is 12.3 Å². The first kappa shape index (κ1) is 9.52. The van der Waals surface area contributed by atoms with Gasteiger partial charge in [0.25, 0.3) is 0 Å². The Labute approximate surface area is 72.5 Å². The van der Waals surface area contributed by atoms with Crippen molar-refractivity contribution in [2.45, 2.75) is 51.6 Å². The molecule has 0 aromatic heterocycles. The van der Waals surface area contributed by atoms with E-state index in [0.29, 0.717) is 7.92 Å². The molecule has 0 aromatic carbocycles. The summed E-state index contributed by atoms with van der Waals surface area (Å²) < 4.78 is 0. The molecule has 1 fully saturated rings. The molecule has 1 unspecified atom stereocenters. The monoisotopic (exact) mass is 172 g/mol. The van der Waals surface area contributed by atoms with Crippen LogP contribution in [0.4, 0.5) is 0 Å². The molecule has 1 saturated heterocycles. The fourth-order valence-electron chi connectivity index (χ4n) is 1.86. The van der Waals surface area contributed by atoms with E-state index in [2.05, 4.69) is 13.8 Å². The minimum atomic E-state index is 0.482. The summed E-state index contributed by atoms with van der Waals surface area (Å²) >= 11 is 0. The standard InChI is InChI=1S/C10H21P/c1-3-4-7-10(2)11-8-5-6-9-11/h10H,3-9H2,1-2H3. The van der Waals surface area contributed by atoms with Crippen LogP contribution in [0.3, 0.4) is 0 Å². The third-order valence-corrected chi connectivity index (χ3v) is 6.03. The molecule has 0 aliphatic carbocycles. The molecule has 0 radical (unpaired) electrons. The number of unbranched alkanes of at least 4 members (excludes halogenated alkanes) is 1. The molecule has 0 amide bonds. The lowest BCUT2D eigenvalue weighted by atomic mass is 10.2. The summed E-state index contributed by atoms with van der Waals surface area (Å²) in [7, 11) is 0.482. The molecule has 1 heteroatoms. The van der Waals surface area contributed by atoms with Gasteiger partial charge in [-0.05, 0) is 37.2 Å². The topological polar surface area (TPSA) is 0 Å². The van der Waals surface area contributed by atoms with Crippen LogP contribution in [0.2, 0.25) is 0 Å². The zero-order valence-electron chi connectivity index (χ0n) is 7.97. The lowest BCUT2D eigenvalue weighted by Crippen LogP contribution is -2.00. The summed E-state index contributed by atoms with van der Waals surface area (Å²) in [6.07, 6.45) is 10.6. The van der Waals surface area contributed by atoms with Crippen molar-refractivity contribution in [3.8, 4) is 0 Å². The second kappa shape index (κ2) is 5.14. The van der Waals surface area contributed by atoms with E-state index in [1.165, 1.54) is 32.1 Å². The van der Waals surface area contributed by atoms with Crippen molar-refractivity contribution in [3.63, 3.8) is 0 Å². The van der Waals surface area contributed by atoms with E-state index < -0.39 is 0 Å². The van der Waals surface area contributed by atoms with E-state index in [1.807, 2.05) is 0 Å². The molecular weight excluding hydrogens is 151 g/mol. The Hall–Kier alpha value is 0.430. The maximum Gasteiger partial charge on any atom is -0.0238 e. The summed E-state index contributed by atoms with van der Waals surface area (Å²) in [6, 6.07) is 0. The lowest BCUT2D eigenvalue weighted by Gasteiger charge is -2.18. The average Bonchev–Trinajstić information content (AvgIpc) is 2.52. The SMILES string of the molecule is CCCCC(C)P1CCCC1. The van der Waals surface area contributed by atoms with Gasteiger partial charge in [-0.1, -0.05) is 26.7 Å². The highest BCUT2D eigenvalue weighted by Crippen LogP contribution is 2.49. The average molecular weight is 172 g/mol. The van der Waals surface area contributed by atoms with Crippen LogP contribution in [0.25, 0.3) is 0 Å². The summed E-state index contributed by atoms with van der Waals surface area (Å²) in [5.74, 6) is 0. The van der Waals surface area contributed by atoms with E-state index in [0.717, 1.165) is 5.66 Å². The van der Waals surface area contributed by atoms with E-state index in [9.17, 15) is 0 Å². The molecule has 66 valence electrons. The van der Waals surface area contributed by atoms with Gasteiger partial charge < -0.3 is 0 Å². The number of rotatable bonds is 4. The van der Waals surface area contributed by atoms with E-state index in [-0.39, 0.29) is 0 Å². The Morgan fingerprint density at radius 3 is 2.45 bits per heavy atom. The van der Waals surface area contributed by atoms with Gasteiger partial charge in [0.05, 0.1) is 0 Å². The van der Waals surface area contributed by atoms with Gasteiger partial charge in [-0.25, -0.2) is 0 Å². The van der Waals surface area contributed by atoms with Crippen LogP contribution in [0.15, 0.2) is 0 Å². The maximum atomic E-state index is 2.48. The number of hydrogen-bond donors (Lipinski definition) is 0. The quantitative estimate of drug-likeness (QED) is 0.565. The molecule has 0 aromatic rings. The van der Waals surface area contributed by atoms with Crippen molar-refractivity contribution in [1.29, 1.82) is 0 Å². The first-order valence-corrected chi connectivity index (χ1v) is 6.86. The molecule has 1 rings (SSSR count). The zero-order chi connectivity index (χ0) is 8.10. The minimum absolute atomic E-state index is 0.482. The smallest absolute Gasteiger partial charge is 0.0238 e. The van der Waals surface area contributed by atoms with E-state index >= 15 is 0 Å². The largest absolute Gasteiger partial charge is 0.104 e. The predicted molar refractivity (Wildman–Crippen MR) is 54.9 cm³/mol. The first-order valence-electron chi connectivity index (χ1n) is 5.08. The fourth-order valence-corrected chi connectivity index (χ4v) is 4.78. The number of hydrogen-bond acceptors (Lipinski definition) is 0. The van der Waals surface area contributed by atoms with Crippen LogP contribution in [-0.2, 0) is 0 Å². The Morgan fingerprint density at radius 1 is 1.27 bits per heavy atom. The molecule has 0 bridgehead atoms. The van der Waals surface area contributed by atoms with Gasteiger partial charge in [0, 0.05) is 0 Å². The molecular formula is C10H21P. The van der Waals surface area contributed by atoms with E-state index in [1.54, 1.807) is 12.3 Å². The highest BCUT2D eigenvalue weighted by Gasteiger charge is 2.19. The van der Waals surface area contributed by atoms with Crippen LogP contribution >= 0.6 is 7.92 Å². The molecule has 1 aliphatic heterocycles. The van der Waals surface area contributed by atoms with Crippen molar-refractivity contribution in [3.05, 3.63) is 0 Å². The van der Waals surface area contributed by atoms with Crippen molar-refractivity contribution in [1.82, 2.24) is 0 Å². The van der Waals surface area contributed by atoms with Crippen molar-refractivity contribution < 1.29 is 0 Å². The Balaban J connectivity index is 2.12. The van der Waals surface area contributed by atoms with Gasteiger partial charge in [0.15, 0.2) is 0 Å². The van der Waals surface area contributed by atoms with Gasteiger partial charge in [0.1, 0.15) is 0 Å². The van der Waals surface area contributed by atoms with Crippen LogP contribution in [0.1, 0.15) is 46.0 Å². The maximum absolute atomic E-state index is 2.48. The Morgan fingerprint density at radius 2 is 1.91 bits per heavy atom. The molecule has 0 spiro atoms. The van der Waals surface area contributed by atoms with Gasteiger partial charge >= 0.3 is 0 Å². The predicted octanol–water partition coefficient (Wildman–Crippen LogP) is 3.84. The molecule has 11 heavy (non-hydrogen) atoms. The lowest BCUT2D eigenvalue weighted by molar-refractivity contribution is 0.707. The molecule has 0 saturated carbocycles. The Kier molecular flexibility index (Phi) is 4.45. The van der Waals surface area contributed by atoms with Crippen LogP contribution in [0, 0.1) is 0 Å². The highest BCUT2D eigenvalue weighted by molar-refractivity contribution is 7.58. The van der Waals surface area contributed by atoms with Gasteiger partial charge in [0.2, 0.25) is 0 Å². The van der Waals surface area contributed by atoms with Crippen molar-refractivity contribution >= 4 is 7.92 Å². The molecule has 0 N–H and O–H groups in total. The van der Waals surface area contributed by atoms with Gasteiger partial charge in [-0.3, -0.25) is 0 Å². The van der Waals surface area contributed by atoms with Gasteiger partial charge in [-0.15, -0.1) is 7.92 Å². The summed E-state index contributed by atoms with van der Waals surface area (Å²) in [5.41, 5.74) is 1.08. The second-order valence-electron chi connectivity index (χ2n) is 3.73. The molecule has 1 atom stereocenters. The fraction of sp³-hybridized carbons (Fsp3) is 1.00. The zero-order valence-corrected chi connectivity index (χ0v) is 8.87. The summed E-state index contributed by atoms with van der Waals surface area (Å²) in [4.78, 5) is 0. The van der Waals surface area contributed by atoms with E-state index in [4.69, 9.17) is 0 Å². The molecule has 1 aliphatic rings. The van der Waals surface area contributed by atoms with Crippen LogP contribution in [-0.4, -0.2) is 18.0 Å². The summed E-state index contributed by atoms with van der Waals surface area (Å²) in [5, 5.41) is 0. The minimum Gasteiger partial charge on any atom is -0.104 e. The third kappa shape index (κ3) is 3.11. The first-order chi connectivity index (χ1) is 5.34. The third-order valence-electron chi connectivity index (χ3n) is 2.74. The van der Waals surface area contributed by atoms with Crippen LogP contribution < -0.4 is 0 Å². The summed E-state index contributed by atoms with van der Waals surface area (Å²) in [6.45, 7) is 4.78. The highest BCUT2D eigenvalue weighted by atomic mass is 31.1. The Bertz CT molecular complexity index is 95.0. The second-order valence-corrected chi connectivity index (χ2v) is 6.69. The van der Waals surface area contributed by atoms with Crippen LogP contribution in [0.5, 0.6) is 0 Å². The molecule has 1 heterocycles. The van der Waals surface area contributed by atoms with Crippen molar-refractivity contribution in [2.24, 2.45) is 0 Å². The van der Waals surface area contributed by atoms with Gasteiger partial charge in [-0.2, -0.15) is 0 Å².